The molecule has 0 atom stereocenters. The fraction of sp³-hybridized carbons (Fsp3) is 0.185. The zero-order valence-corrected chi connectivity index (χ0v) is 18.9. The number of amides is 3. The molecule has 2 aromatic carbocycles. The van der Waals surface area contributed by atoms with Crippen molar-refractivity contribution in [2.75, 3.05) is 31.1 Å². The summed E-state index contributed by atoms with van der Waals surface area (Å²) >= 11 is 0. The van der Waals surface area contributed by atoms with Crippen molar-refractivity contribution in [3.63, 3.8) is 0 Å². The Balaban J connectivity index is 1.27. The van der Waals surface area contributed by atoms with Gasteiger partial charge < -0.3 is 9.80 Å². The molecule has 1 saturated heterocycles. The van der Waals surface area contributed by atoms with E-state index in [1.807, 2.05) is 11.0 Å². The van der Waals surface area contributed by atoms with Crippen molar-refractivity contribution >= 4 is 29.5 Å². The van der Waals surface area contributed by atoms with Crippen molar-refractivity contribution < 1.29 is 18.8 Å². The topological polar surface area (TPSA) is 73.8 Å². The van der Waals surface area contributed by atoms with Crippen molar-refractivity contribution in [3.8, 4) is 0 Å². The van der Waals surface area contributed by atoms with E-state index in [0.29, 0.717) is 48.6 Å². The average molecular weight is 471 g/mol. The van der Waals surface area contributed by atoms with E-state index in [4.69, 9.17) is 0 Å². The van der Waals surface area contributed by atoms with Crippen LogP contribution in [0.1, 0.15) is 31.8 Å². The lowest BCUT2D eigenvalue weighted by Crippen LogP contribution is -2.48. The molecule has 0 aliphatic carbocycles. The van der Waals surface area contributed by atoms with Gasteiger partial charge in [0.15, 0.2) is 0 Å². The van der Waals surface area contributed by atoms with E-state index in [1.54, 1.807) is 59.8 Å². The molecule has 0 saturated carbocycles. The van der Waals surface area contributed by atoms with Gasteiger partial charge in [0.05, 0.1) is 23.4 Å². The molecule has 0 unspecified atom stereocenters. The van der Waals surface area contributed by atoms with E-state index < -0.39 is 0 Å². The van der Waals surface area contributed by atoms with Gasteiger partial charge in [-0.05, 0) is 53.6 Å². The van der Waals surface area contributed by atoms with Crippen LogP contribution in [0, 0.1) is 5.82 Å². The van der Waals surface area contributed by atoms with Gasteiger partial charge in [0.25, 0.3) is 11.8 Å². The third-order valence-electron chi connectivity index (χ3n) is 6.27. The van der Waals surface area contributed by atoms with Crippen molar-refractivity contribution in [1.82, 2.24) is 14.8 Å². The summed E-state index contributed by atoms with van der Waals surface area (Å²) in [6.07, 6.45) is 6.31. The van der Waals surface area contributed by atoms with E-state index in [2.05, 4.69) is 4.98 Å². The second-order valence-electron chi connectivity index (χ2n) is 8.45. The number of imide groups is 1. The number of anilines is 1. The standard InChI is InChI=1S/C27H23FN4O3/c28-21-4-1-3-19(17-21)7-8-24(33)31-15-13-30(14-16-31)23-6-2-5-22-25(23)27(35)32(26(22)34)18-20-9-11-29-12-10-20/h1-12,17H,13-16,18H2/b8-7+. The molecule has 176 valence electrons. The SMILES string of the molecule is O=C(/C=C/c1cccc(F)c1)N1CCN(c2cccc3c2C(=O)N(Cc2ccncc2)C3=O)CC1. The fourth-order valence-electron chi connectivity index (χ4n) is 4.44. The summed E-state index contributed by atoms with van der Waals surface area (Å²) in [6, 6.07) is 14.9. The average Bonchev–Trinajstić information content (AvgIpc) is 3.13. The number of fused-ring (bicyclic) bond motifs is 1. The molecule has 3 amide bonds. The molecule has 1 aromatic heterocycles. The highest BCUT2D eigenvalue weighted by atomic mass is 19.1. The van der Waals surface area contributed by atoms with Crippen LogP contribution < -0.4 is 4.90 Å². The number of halogens is 1. The Labute approximate surface area is 202 Å². The quantitative estimate of drug-likeness (QED) is 0.422. The lowest BCUT2D eigenvalue weighted by atomic mass is 10.1. The van der Waals surface area contributed by atoms with Crippen LogP contribution in [0.15, 0.2) is 73.1 Å². The van der Waals surface area contributed by atoms with Crippen LogP contribution in [-0.4, -0.2) is 58.7 Å². The second-order valence-corrected chi connectivity index (χ2v) is 8.45. The molecule has 0 spiro atoms. The Morgan fingerprint density at radius 3 is 2.43 bits per heavy atom. The zero-order chi connectivity index (χ0) is 24.4. The van der Waals surface area contributed by atoms with Gasteiger partial charge in [0.1, 0.15) is 5.82 Å². The Bertz CT molecular complexity index is 1320. The molecule has 2 aliphatic rings. The predicted octanol–water partition coefficient (Wildman–Crippen LogP) is 3.38. The van der Waals surface area contributed by atoms with Gasteiger partial charge in [-0.15, -0.1) is 0 Å². The number of rotatable bonds is 5. The van der Waals surface area contributed by atoms with Crippen LogP contribution in [-0.2, 0) is 11.3 Å². The summed E-state index contributed by atoms with van der Waals surface area (Å²) in [5.74, 6) is -1.12. The number of carbonyl (C=O) groups excluding carboxylic acids is 3. The van der Waals surface area contributed by atoms with Crippen molar-refractivity contribution in [3.05, 3.63) is 101 Å². The molecule has 8 heteroatoms. The molecule has 2 aliphatic heterocycles. The van der Waals surface area contributed by atoms with Gasteiger partial charge in [-0.1, -0.05) is 18.2 Å². The Morgan fingerprint density at radius 2 is 1.69 bits per heavy atom. The number of benzene rings is 2. The first-order valence-corrected chi connectivity index (χ1v) is 11.4. The first-order valence-electron chi connectivity index (χ1n) is 11.4. The molecule has 35 heavy (non-hydrogen) atoms. The van der Waals surface area contributed by atoms with Crippen LogP contribution in [0.25, 0.3) is 6.08 Å². The molecule has 3 heterocycles. The van der Waals surface area contributed by atoms with E-state index in [9.17, 15) is 18.8 Å². The summed E-state index contributed by atoms with van der Waals surface area (Å²) in [5, 5.41) is 0. The molecule has 0 bridgehead atoms. The van der Waals surface area contributed by atoms with Crippen molar-refractivity contribution in [2.45, 2.75) is 6.54 Å². The van der Waals surface area contributed by atoms with E-state index >= 15 is 0 Å². The monoisotopic (exact) mass is 470 g/mol. The molecule has 0 radical (unpaired) electrons. The number of hydrogen-bond donors (Lipinski definition) is 0. The lowest BCUT2D eigenvalue weighted by Gasteiger charge is -2.36. The molecule has 1 fully saturated rings. The van der Waals surface area contributed by atoms with Crippen LogP contribution in [0.4, 0.5) is 10.1 Å². The predicted molar refractivity (Wildman–Crippen MR) is 129 cm³/mol. The summed E-state index contributed by atoms with van der Waals surface area (Å²) in [4.78, 5) is 47.9. The van der Waals surface area contributed by atoms with Crippen LogP contribution in [0.5, 0.6) is 0 Å². The summed E-state index contributed by atoms with van der Waals surface area (Å²) in [5.41, 5.74) is 2.97. The minimum Gasteiger partial charge on any atom is -0.367 e. The number of pyridine rings is 1. The van der Waals surface area contributed by atoms with Gasteiger partial charge in [-0.25, -0.2) is 4.39 Å². The largest absolute Gasteiger partial charge is 0.367 e. The summed E-state index contributed by atoms with van der Waals surface area (Å²) in [7, 11) is 0. The number of nitrogens with zero attached hydrogens (tertiary/aromatic N) is 4. The molecule has 5 rings (SSSR count). The summed E-state index contributed by atoms with van der Waals surface area (Å²) in [6.45, 7) is 2.19. The summed E-state index contributed by atoms with van der Waals surface area (Å²) < 4.78 is 13.3. The lowest BCUT2D eigenvalue weighted by molar-refractivity contribution is -0.126. The molecule has 0 N–H and O–H groups in total. The third kappa shape index (κ3) is 4.55. The van der Waals surface area contributed by atoms with Crippen LogP contribution >= 0.6 is 0 Å². The maximum atomic E-state index is 13.3. The minimum atomic E-state index is -0.351. The Morgan fingerprint density at radius 1 is 0.943 bits per heavy atom. The highest BCUT2D eigenvalue weighted by molar-refractivity contribution is 6.23. The number of piperazine rings is 1. The van der Waals surface area contributed by atoms with Gasteiger partial charge in [0, 0.05) is 44.6 Å². The number of aromatic nitrogens is 1. The first-order chi connectivity index (χ1) is 17.0. The third-order valence-corrected chi connectivity index (χ3v) is 6.27. The van der Waals surface area contributed by atoms with Gasteiger partial charge >= 0.3 is 0 Å². The molecule has 7 nitrogen and oxygen atoms in total. The fourth-order valence-corrected chi connectivity index (χ4v) is 4.44. The second kappa shape index (κ2) is 9.50. The maximum absolute atomic E-state index is 13.3. The zero-order valence-electron chi connectivity index (χ0n) is 18.9. The van der Waals surface area contributed by atoms with Crippen LogP contribution in [0.3, 0.4) is 0 Å². The number of carbonyl (C=O) groups is 3. The number of hydrogen-bond acceptors (Lipinski definition) is 5. The Kier molecular flexibility index (Phi) is 6.10. The molecular formula is C27H23FN4O3. The van der Waals surface area contributed by atoms with Gasteiger partial charge in [-0.2, -0.15) is 0 Å². The van der Waals surface area contributed by atoms with E-state index in [1.165, 1.54) is 23.1 Å². The maximum Gasteiger partial charge on any atom is 0.263 e. The van der Waals surface area contributed by atoms with E-state index in [0.717, 1.165) is 5.56 Å². The molecule has 3 aromatic rings. The van der Waals surface area contributed by atoms with Gasteiger partial charge in [-0.3, -0.25) is 24.3 Å². The Hall–Kier alpha value is -4.33. The minimum absolute atomic E-state index is 0.151. The highest BCUT2D eigenvalue weighted by Gasteiger charge is 2.38. The van der Waals surface area contributed by atoms with Crippen LogP contribution in [0.2, 0.25) is 0 Å². The molecular weight excluding hydrogens is 447 g/mol. The highest BCUT2D eigenvalue weighted by Crippen LogP contribution is 2.33. The van der Waals surface area contributed by atoms with Crippen molar-refractivity contribution in [2.24, 2.45) is 0 Å². The first kappa shape index (κ1) is 22.5. The smallest absolute Gasteiger partial charge is 0.263 e. The van der Waals surface area contributed by atoms with E-state index in [-0.39, 0.29) is 30.1 Å². The van der Waals surface area contributed by atoms with Gasteiger partial charge in [0.2, 0.25) is 5.91 Å². The normalized spacial score (nSPS) is 15.7. The van der Waals surface area contributed by atoms with Crippen molar-refractivity contribution in [1.29, 1.82) is 0 Å².